The second-order valence-electron chi connectivity index (χ2n) is 7.25. The molecule has 1 aliphatic carbocycles. The highest BCUT2D eigenvalue weighted by molar-refractivity contribution is 5.69. The highest BCUT2D eigenvalue weighted by Gasteiger charge is 2.28. The summed E-state index contributed by atoms with van der Waals surface area (Å²) in [5, 5.41) is 3.81. The maximum atomic E-state index is 11.6. The Morgan fingerprint density at radius 3 is 2.64 bits per heavy atom. The summed E-state index contributed by atoms with van der Waals surface area (Å²) in [4.78, 5) is 14.1. The zero-order valence-corrected chi connectivity index (χ0v) is 14.5. The van der Waals surface area contributed by atoms with Gasteiger partial charge in [0.05, 0.1) is 7.11 Å². The Kier molecular flexibility index (Phi) is 7.67. The molecule has 2 rings (SSSR count). The van der Waals surface area contributed by atoms with Crippen molar-refractivity contribution in [1.82, 2.24) is 10.2 Å². The first kappa shape index (κ1) is 17.7. The fourth-order valence-corrected chi connectivity index (χ4v) is 4.14. The second kappa shape index (κ2) is 9.51. The van der Waals surface area contributed by atoms with Gasteiger partial charge >= 0.3 is 5.97 Å². The van der Waals surface area contributed by atoms with Crippen LogP contribution in [0.15, 0.2) is 0 Å². The number of hydrogen-bond acceptors (Lipinski definition) is 4. The van der Waals surface area contributed by atoms with Crippen LogP contribution >= 0.6 is 0 Å². The number of carbonyl (C=O) groups excluding carboxylic acids is 1. The molecule has 0 amide bonds. The summed E-state index contributed by atoms with van der Waals surface area (Å²) >= 11 is 0. The third kappa shape index (κ3) is 5.88. The number of nitrogens with one attached hydrogen (secondary N) is 1. The van der Waals surface area contributed by atoms with E-state index in [1.54, 1.807) is 0 Å². The number of methoxy groups -OCH3 is 1. The molecule has 128 valence electrons. The Morgan fingerprint density at radius 1 is 1.18 bits per heavy atom. The van der Waals surface area contributed by atoms with Crippen molar-refractivity contribution in [2.75, 3.05) is 33.3 Å². The number of hydrogen-bond donors (Lipinski definition) is 1. The number of likely N-dealkylation sites (tertiary alicyclic amines) is 1. The molecule has 1 heterocycles. The van der Waals surface area contributed by atoms with Crippen molar-refractivity contribution in [3.63, 3.8) is 0 Å². The minimum atomic E-state index is -0.0608. The van der Waals surface area contributed by atoms with Crippen molar-refractivity contribution < 1.29 is 9.53 Å². The minimum absolute atomic E-state index is 0.0608. The van der Waals surface area contributed by atoms with Crippen molar-refractivity contribution in [2.24, 2.45) is 11.8 Å². The molecule has 2 fully saturated rings. The molecule has 1 aliphatic heterocycles. The third-order valence-corrected chi connectivity index (χ3v) is 5.26. The van der Waals surface area contributed by atoms with Gasteiger partial charge in [0, 0.05) is 25.6 Å². The average Bonchev–Trinajstić information content (AvgIpc) is 2.54. The Hall–Kier alpha value is -0.610. The van der Waals surface area contributed by atoms with Gasteiger partial charge in [-0.05, 0) is 50.6 Å². The molecule has 2 unspecified atom stereocenters. The van der Waals surface area contributed by atoms with Crippen molar-refractivity contribution >= 4 is 5.97 Å². The normalized spacial score (nSPS) is 27.7. The number of ether oxygens (including phenoxy) is 1. The van der Waals surface area contributed by atoms with Gasteiger partial charge in [0.15, 0.2) is 0 Å². The number of carbonyl (C=O) groups is 1. The lowest BCUT2D eigenvalue weighted by Gasteiger charge is -2.38. The van der Waals surface area contributed by atoms with E-state index >= 15 is 0 Å². The monoisotopic (exact) mass is 310 g/mol. The van der Waals surface area contributed by atoms with E-state index in [4.69, 9.17) is 4.74 Å². The Balaban J connectivity index is 1.80. The summed E-state index contributed by atoms with van der Waals surface area (Å²) in [6.07, 6.45) is 9.88. The molecule has 0 bridgehead atoms. The standard InChI is InChI=1S/C18H34N2O2/c1-3-9-20-13-16(11-18(21)22-2)10-17(14-20)19-12-15-7-5-4-6-8-15/h15-17,19H,3-14H2,1-2H3. The number of esters is 1. The fraction of sp³-hybridized carbons (Fsp3) is 0.944. The molecular weight excluding hydrogens is 276 g/mol. The Labute approximate surface area is 136 Å². The van der Waals surface area contributed by atoms with E-state index in [2.05, 4.69) is 17.1 Å². The molecule has 0 spiro atoms. The van der Waals surface area contributed by atoms with Gasteiger partial charge in [-0.15, -0.1) is 0 Å². The molecule has 1 saturated heterocycles. The van der Waals surface area contributed by atoms with E-state index in [9.17, 15) is 4.79 Å². The number of piperidine rings is 1. The molecule has 0 aromatic heterocycles. The smallest absolute Gasteiger partial charge is 0.305 e. The molecule has 0 radical (unpaired) electrons. The van der Waals surface area contributed by atoms with E-state index in [1.807, 2.05) is 0 Å². The van der Waals surface area contributed by atoms with E-state index in [1.165, 1.54) is 45.6 Å². The maximum Gasteiger partial charge on any atom is 0.305 e. The van der Waals surface area contributed by atoms with E-state index in [0.717, 1.165) is 38.5 Å². The van der Waals surface area contributed by atoms with Gasteiger partial charge in [-0.25, -0.2) is 0 Å². The topological polar surface area (TPSA) is 41.6 Å². The molecule has 22 heavy (non-hydrogen) atoms. The largest absolute Gasteiger partial charge is 0.469 e. The van der Waals surface area contributed by atoms with Crippen molar-refractivity contribution in [3.8, 4) is 0 Å². The molecule has 1 saturated carbocycles. The highest BCUT2D eigenvalue weighted by Crippen LogP contribution is 2.24. The molecule has 1 N–H and O–H groups in total. The van der Waals surface area contributed by atoms with Crippen LogP contribution in [0.4, 0.5) is 0 Å². The zero-order chi connectivity index (χ0) is 15.8. The molecule has 0 aromatic rings. The van der Waals surface area contributed by atoms with Gasteiger partial charge in [-0.3, -0.25) is 4.79 Å². The molecule has 4 heteroatoms. The van der Waals surface area contributed by atoms with Gasteiger partial charge in [-0.2, -0.15) is 0 Å². The molecule has 2 atom stereocenters. The van der Waals surface area contributed by atoms with Crippen LogP contribution in [0, 0.1) is 11.8 Å². The summed E-state index contributed by atoms with van der Waals surface area (Å²) in [5.74, 6) is 1.25. The van der Waals surface area contributed by atoms with Crippen LogP contribution in [-0.4, -0.2) is 50.2 Å². The maximum absolute atomic E-state index is 11.6. The van der Waals surface area contributed by atoms with Crippen LogP contribution in [0.25, 0.3) is 0 Å². The number of rotatable bonds is 7. The van der Waals surface area contributed by atoms with Crippen LogP contribution in [0.5, 0.6) is 0 Å². The summed E-state index contributed by atoms with van der Waals surface area (Å²) in [6.45, 7) is 6.71. The Morgan fingerprint density at radius 2 is 1.95 bits per heavy atom. The predicted octanol–water partition coefficient (Wildman–Crippen LogP) is 2.82. The lowest BCUT2D eigenvalue weighted by atomic mass is 9.88. The van der Waals surface area contributed by atoms with Crippen LogP contribution < -0.4 is 5.32 Å². The molecule has 0 aromatic carbocycles. The van der Waals surface area contributed by atoms with Crippen LogP contribution in [0.3, 0.4) is 0 Å². The lowest BCUT2D eigenvalue weighted by Crippen LogP contribution is -2.50. The van der Waals surface area contributed by atoms with Crippen molar-refractivity contribution in [3.05, 3.63) is 0 Å². The van der Waals surface area contributed by atoms with Gasteiger partial charge < -0.3 is 15.0 Å². The summed E-state index contributed by atoms with van der Waals surface area (Å²) in [5.41, 5.74) is 0. The first-order chi connectivity index (χ1) is 10.7. The highest BCUT2D eigenvalue weighted by atomic mass is 16.5. The van der Waals surface area contributed by atoms with Crippen LogP contribution in [0.1, 0.15) is 58.3 Å². The second-order valence-corrected chi connectivity index (χ2v) is 7.25. The number of nitrogens with zero attached hydrogens (tertiary/aromatic N) is 1. The zero-order valence-electron chi connectivity index (χ0n) is 14.5. The van der Waals surface area contributed by atoms with Crippen molar-refractivity contribution in [2.45, 2.75) is 64.3 Å². The van der Waals surface area contributed by atoms with Gasteiger partial charge in [0.1, 0.15) is 0 Å². The van der Waals surface area contributed by atoms with Crippen LogP contribution in [-0.2, 0) is 9.53 Å². The fourth-order valence-electron chi connectivity index (χ4n) is 4.14. The quantitative estimate of drug-likeness (QED) is 0.734. The molecular formula is C18H34N2O2. The molecule has 2 aliphatic rings. The Bertz CT molecular complexity index is 329. The van der Waals surface area contributed by atoms with E-state index in [-0.39, 0.29) is 5.97 Å². The van der Waals surface area contributed by atoms with E-state index < -0.39 is 0 Å². The first-order valence-electron chi connectivity index (χ1n) is 9.23. The predicted molar refractivity (Wildman–Crippen MR) is 89.8 cm³/mol. The van der Waals surface area contributed by atoms with Gasteiger partial charge in [0.2, 0.25) is 0 Å². The minimum Gasteiger partial charge on any atom is -0.469 e. The van der Waals surface area contributed by atoms with Gasteiger partial charge in [-0.1, -0.05) is 26.2 Å². The summed E-state index contributed by atoms with van der Waals surface area (Å²) in [7, 11) is 1.49. The van der Waals surface area contributed by atoms with Crippen molar-refractivity contribution in [1.29, 1.82) is 0 Å². The molecule has 4 nitrogen and oxygen atoms in total. The first-order valence-corrected chi connectivity index (χ1v) is 9.23. The lowest BCUT2D eigenvalue weighted by molar-refractivity contribution is -0.142. The summed E-state index contributed by atoms with van der Waals surface area (Å²) < 4.78 is 4.86. The van der Waals surface area contributed by atoms with Gasteiger partial charge in [0.25, 0.3) is 0 Å². The third-order valence-electron chi connectivity index (χ3n) is 5.26. The average molecular weight is 310 g/mol. The SMILES string of the molecule is CCCN1CC(CC(=O)OC)CC(NCC2CCCCC2)C1. The van der Waals surface area contributed by atoms with Crippen LogP contribution in [0.2, 0.25) is 0 Å². The van der Waals surface area contributed by atoms with E-state index in [0.29, 0.717) is 18.4 Å². The summed E-state index contributed by atoms with van der Waals surface area (Å²) in [6, 6.07) is 0.539.